The number of nitrogens with one attached hydrogen (secondary N) is 1. The van der Waals surface area contributed by atoms with Crippen LogP contribution >= 0.6 is 15.9 Å². The molecule has 0 aliphatic heterocycles. The number of hydrogen-bond donors (Lipinski definition) is 2. The Bertz CT molecular complexity index is 567. The number of carbonyl (C=O) groups is 1. The third kappa shape index (κ3) is 3.83. The van der Waals surface area contributed by atoms with Crippen LogP contribution in [0.2, 0.25) is 0 Å². The lowest BCUT2D eigenvalue weighted by Crippen LogP contribution is -2.25. The summed E-state index contributed by atoms with van der Waals surface area (Å²) in [5.74, 6) is -0.0667. The molecule has 0 spiro atoms. The molecule has 3 N–H and O–H groups in total. The molecule has 0 aromatic heterocycles. The van der Waals surface area contributed by atoms with Gasteiger partial charge in [-0.1, -0.05) is 24.3 Å². The lowest BCUT2D eigenvalue weighted by atomic mass is 10.1. The molecule has 1 amide bonds. The van der Waals surface area contributed by atoms with Crippen LogP contribution in [-0.2, 0) is 6.42 Å². The van der Waals surface area contributed by atoms with E-state index in [4.69, 9.17) is 5.73 Å². The summed E-state index contributed by atoms with van der Waals surface area (Å²) in [6.07, 6.45) is 0.788. The normalized spacial score (nSPS) is 10.2. The molecule has 0 aliphatic carbocycles. The Balaban J connectivity index is 1.88. The van der Waals surface area contributed by atoms with Gasteiger partial charge in [-0.05, 0) is 52.2 Å². The molecule has 19 heavy (non-hydrogen) atoms. The molecule has 2 aromatic rings. The van der Waals surface area contributed by atoms with Crippen LogP contribution in [0.5, 0.6) is 0 Å². The average molecular weight is 319 g/mol. The molecule has 2 rings (SSSR count). The molecule has 98 valence electrons. The van der Waals surface area contributed by atoms with Crippen molar-refractivity contribution in [2.45, 2.75) is 6.42 Å². The van der Waals surface area contributed by atoms with Crippen molar-refractivity contribution < 1.29 is 4.79 Å². The van der Waals surface area contributed by atoms with E-state index in [2.05, 4.69) is 21.2 Å². The lowest BCUT2D eigenvalue weighted by Gasteiger charge is -2.07. The number of halogens is 1. The summed E-state index contributed by atoms with van der Waals surface area (Å²) in [5, 5.41) is 2.90. The number of rotatable bonds is 4. The van der Waals surface area contributed by atoms with Crippen LogP contribution in [0, 0.1) is 0 Å². The summed E-state index contributed by atoms with van der Waals surface area (Å²) in [5.41, 5.74) is 8.18. The SMILES string of the molecule is Nc1ccc(CCNC(=O)c2ccccc2Br)cc1. The zero-order valence-corrected chi connectivity index (χ0v) is 12.0. The van der Waals surface area contributed by atoms with Crippen molar-refractivity contribution in [3.63, 3.8) is 0 Å². The van der Waals surface area contributed by atoms with E-state index in [1.165, 1.54) is 0 Å². The number of amides is 1. The van der Waals surface area contributed by atoms with E-state index in [9.17, 15) is 4.79 Å². The molecule has 0 aliphatic rings. The molecule has 0 saturated carbocycles. The smallest absolute Gasteiger partial charge is 0.252 e. The van der Waals surface area contributed by atoms with Crippen LogP contribution in [0.25, 0.3) is 0 Å². The van der Waals surface area contributed by atoms with Crippen molar-refractivity contribution in [1.82, 2.24) is 5.32 Å². The molecule has 0 radical (unpaired) electrons. The first-order valence-corrected chi connectivity index (χ1v) is 6.83. The second kappa shape index (κ2) is 6.38. The summed E-state index contributed by atoms with van der Waals surface area (Å²) in [6.45, 7) is 0.601. The van der Waals surface area contributed by atoms with Crippen LogP contribution < -0.4 is 11.1 Å². The molecule has 0 fully saturated rings. The number of carbonyl (C=O) groups excluding carboxylic acids is 1. The fourth-order valence-electron chi connectivity index (χ4n) is 1.75. The topological polar surface area (TPSA) is 55.1 Å². The van der Waals surface area contributed by atoms with Crippen molar-refractivity contribution >= 4 is 27.5 Å². The van der Waals surface area contributed by atoms with Crippen LogP contribution in [0.1, 0.15) is 15.9 Å². The van der Waals surface area contributed by atoms with E-state index in [1.807, 2.05) is 42.5 Å². The second-order valence-electron chi connectivity index (χ2n) is 4.23. The van der Waals surface area contributed by atoms with Gasteiger partial charge in [-0.3, -0.25) is 4.79 Å². The molecule has 0 bridgehead atoms. The highest BCUT2D eigenvalue weighted by Crippen LogP contribution is 2.15. The average Bonchev–Trinajstić information content (AvgIpc) is 2.41. The van der Waals surface area contributed by atoms with Crippen LogP contribution in [0.3, 0.4) is 0 Å². The number of benzene rings is 2. The van der Waals surface area contributed by atoms with Gasteiger partial charge in [0.05, 0.1) is 5.56 Å². The van der Waals surface area contributed by atoms with Gasteiger partial charge in [0.15, 0.2) is 0 Å². The third-order valence-electron chi connectivity index (χ3n) is 2.80. The largest absolute Gasteiger partial charge is 0.399 e. The van der Waals surface area contributed by atoms with Gasteiger partial charge in [-0.15, -0.1) is 0 Å². The first-order valence-electron chi connectivity index (χ1n) is 6.04. The summed E-state index contributed by atoms with van der Waals surface area (Å²) in [7, 11) is 0. The van der Waals surface area contributed by atoms with Gasteiger partial charge in [0.25, 0.3) is 5.91 Å². The van der Waals surface area contributed by atoms with Crippen molar-refractivity contribution in [2.24, 2.45) is 0 Å². The molecule has 4 heteroatoms. The Morgan fingerprint density at radius 1 is 1.11 bits per heavy atom. The Kier molecular flexibility index (Phi) is 4.58. The number of nitrogens with two attached hydrogens (primary N) is 1. The van der Waals surface area contributed by atoms with Crippen molar-refractivity contribution in [3.8, 4) is 0 Å². The Hall–Kier alpha value is -1.81. The minimum Gasteiger partial charge on any atom is -0.399 e. The maximum absolute atomic E-state index is 11.9. The van der Waals surface area contributed by atoms with Gasteiger partial charge in [-0.25, -0.2) is 0 Å². The van der Waals surface area contributed by atoms with Crippen LogP contribution in [0.15, 0.2) is 53.0 Å². The van der Waals surface area contributed by atoms with Crippen molar-refractivity contribution in [2.75, 3.05) is 12.3 Å². The maximum atomic E-state index is 11.9. The zero-order valence-electron chi connectivity index (χ0n) is 10.4. The highest BCUT2D eigenvalue weighted by atomic mass is 79.9. The summed E-state index contributed by atoms with van der Waals surface area (Å²) < 4.78 is 0.806. The quantitative estimate of drug-likeness (QED) is 0.851. The Morgan fingerprint density at radius 3 is 2.47 bits per heavy atom. The summed E-state index contributed by atoms with van der Waals surface area (Å²) >= 11 is 3.37. The van der Waals surface area contributed by atoms with Gasteiger partial charge in [-0.2, -0.15) is 0 Å². The Morgan fingerprint density at radius 2 is 1.79 bits per heavy atom. The lowest BCUT2D eigenvalue weighted by molar-refractivity contribution is 0.0953. The van der Waals surface area contributed by atoms with Crippen molar-refractivity contribution in [1.29, 1.82) is 0 Å². The van der Waals surface area contributed by atoms with E-state index in [1.54, 1.807) is 6.07 Å². The number of hydrogen-bond acceptors (Lipinski definition) is 2. The van der Waals surface area contributed by atoms with Gasteiger partial charge in [0, 0.05) is 16.7 Å². The van der Waals surface area contributed by atoms with E-state index in [-0.39, 0.29) is 5.91 Å². The molecule has 0 atom stereocenters. The molecule has 0 saturated heterocycles. The molecule has 3 nitrogen and oxygen atoms in total. The van der Waals surface area contributed by atoms with Crippen LogP contribution in [-0.4, -0.2) is 12.5 Å². The second-order valence-corrected chi connectivity index (χ2v) is 5.08. The molecule has 2 aromatic carbocycles. The molecular weight excluding hydrogens is 304 g/mol. The fourth-order valence-corrected chi connectivity index (χ4v) is 2.21. The van der Waals surface area contributed by atoms with Gasteiger partial charge < -0.3 is 11.1 Å². The maximum Gasteiger partial charge on any atom is 0.252 e. The number of nitrogen functional groups attached to an aromatic ring is 1. The summed E-state index contributed by atoms with van der Waals surface area (Å²) in [6, 6.07) is 15.1. The first kappa shape index (κ1) is 13.6. The van der Waals surface area contributed by atoms with E-state index >= 15 is 0 Å². The van der Waals surface area contributed by atoms with Gasteiger partial charge in [0.1, 0.15) is 0 Å². The fraction of sp³-hybridized carbons (Fsp3) is 0.133. The Labute approximate surface area is 121 Å². The third-order valence-corrected chi connectivity index (χ3v) is 3.49. The van der Waals surface area contributed by atoms with E-state index in [0.29, 0.717) is 12.1 Å². The molecule has 0 heterocycles. The monoisotopic (exact) mass is 318 g/mol. The van der Waals surface area contributed by atoms with Crippen molar-refractivity contribution in [3.05, 3.63) is 64.1 Å². The van der Waals surface area contributed by atoms with Crippen LogP contribution in [0.4, 0.5) is 5.69 Å². The zero-order chi connectivity index (χ0) is 13.7. The minimum atomic E-state index is -0.0667. The van der Waals surface area contributed by atoms with E-state index in [0.717, 1.165) is 22.1 Å². The predicted molar refractivity (Wildman–Crippen MR) is 81.0 cm³/mol. The van der Waals surface area contributed by atoms with Gasteiger partial charge >= 0.3 is 0 Å². The van der Waals surface area contributed by atoms with Gasteiger partial charge in [0.2, 0.25) is 0 Å². The standard InChI is InChI=1S/C15H15BrN2O/c16-14-4-2-1-3-13(14)15(19)18-10-9-11-5-7-12(17)8-6-11/h1-8H,9-10,17H2,(H,18,19). The number of anilines is 1. The molecule has 0 unspecified atom stereocenters. The van der Waals surface area contributed by atoms with E-state index < -0.39 is 0 Å². The highest BCUT2D eigenvalue weighted by Gasteiger charge is 2.07. The highest BCUT2D eigenvalue weighted by molar-refractivity contribution is 9.10. The predicted octanol–water partition coefficient (Wildman–Crippen LogP) is 3.00. The minimum absolute atomic E-state index is 0.0667. The molecular formula is C15H15BrN2O. The summed E-state index contributed by atoms with van der Waals surface area (Å²) in [4.78, 5) is 11.9. The first-order chi connectivity index (χ1) is 9.16.